The van der Waals surface area contributed by atoms with Crippen LogP contribution in [0.2, 0.25) is 5.02 Å². The number of hydrogen-bond donors (Lipinski definition) is 2. The van der Waals surface area contributed by atoms with Crippen molar-refractivity contribution in [3.8, 4) is 0 Å². The van der Waals surface area contributed by atoms with Crippen LogP contribution >= 0.6 is 36.4 Å². The average molecular weight is 425 g/mol. The van der Waals surface area contributed by atoms with Crippen molar-refractivity contribution in [1.82, 2.24) is 15.1 Å². The Balaban J connectivity index is 0.00000169. The lowest BCUT2D eigenvalue weighted by molar-refractivity contribution is -0.122. The van der Waals surface area contributed by atoms with Gasteiger partial charge in [-0.05, 0) is 30.4 Å². The van der Waals surface area contributed by atoms with Crippen LogP contribution in [0.5, 0.6) is 0 Å². The summed E-state index contributed by atoms with van der Waals surface area (Å²) in [5.74, 6) is 0.556. The van der Waals surface area contributed by atoms with Crippen LogP contribution in [0.3, 0.4) is 0 Å². The minimum absolute atomic E-state index is 0. The molecule has 1 aliphatic heterocycles. The largest absolute Gasteiger partial charge is 0.392 e. The van der Waals surface area contributed by atoms with Gasteiger partial charge in [-0.15, -0.1) is 24.8 Å². The smallest absolute Gasteiger partial charge is 0.234 e. The molecule has 0 spiro atoms. The first-order valence-corrected chi connectivity index (χ1v) is 9.12. The standard InChI is InChI=1S/C18H26ClN3O2.2ClH/c19-16-4-2-1-3-15(16)11-20-18(24)13-22-9-7-21(8-10-22)12-17(23)14-5-6-14;;/h1-4,14,17,23H,5-13H2,(H,20,24);2*1H. The Morgan fingerprint density at radius 3 is 2.38 bits per heavy atom. The van der Waals surface area contributed by atoms with Gasteiger partial charge >= 0.3 is 0 Å². The number of hydrogen-bond acceptors (Lipinski definition) is 4. The third-order valence-electron chi connectivity index (χ3n) is 4.88. The van der Waals surface area contributed by atoms with Crippen LogP contribution in [0.25, 0.3) is 0 Å². The topological polar surface area (TPSA) is 55.8 Å². The molecule has 26 heavy (non-hydrogen) atoms. The first-order valence-electron chi connectivity index (χ1n) is 8.74. The first kappa shape index (κ1) is 23.5. The van der Waals surface area contributed by atoms with E-state index >= 15 is 0 Å². The van der Waals surface area contributed by atoms with E-state index in [1.807, 2.05) is 24.3 Å². The second kappa shape index (κ2) is 11.3. The van der Waals surface area contributed by atoms with E-state index in [9.17, 15) is 9.90 Å². The molecule has 1 atom stereocenters. The third kappa shape index (κ3) is 7.22. The number of rotatable bonds is 7. The van der Waals surface area contributed by atoms with Gasteiger partial charge in [-0.25, -0.2) is 0 Å². The number of nitrogens with zero attached hydrogens (tertiary/aromatic N) is 2. The maximum absolute atomic E-state index is 12.1. The quantitative estimate of drug-likeness (QED) is 0.704. The maximum Gasteiger partial charge on any atom is 0.234 e. The Morgan fingerprint density at radius 2 is 1.77 bits per heavy atom. The molecule has 3 rings (SSSR count). The Kier molecular flexibility index (Phi) is 10.2. The minimum Gasteiger partial charge on any atom is -0.392 e. The number of amides is 1. The number of carbonyl (C=O) groups excluding carboxylic acids is 1. The Labute approximate surface area is 172 Å². The monoisotopic (exact) mass is 423 g/mol. The highest BCUT2D eigenvalue weighted by Gasteiger charge is 2.31. The van der Waals surface area contributed by atoms with Crippen molar-refractivity contribution < 1.29 is 9.90 Å². The van der Waals surface area contributed by atoms with Gasteiger partial charge in [0.1, 0.15) is 0 Å². The van der Waals surface area contributed by atoms with E-state index in [1.165, 1.54) is 12.8 Å². The molecular weight excluding hydrogens is 397 g/mol. The van der Waals surface area contributed by atoms with Crippen LogP contribution in [0.4, 0.5) is 0 Å². The zero-order chi connectivity index (χ0) is 16.9. The zero-order valence-electron chi connectivity index (χ0n) is 14.8. The molecule has 1 unspecified atom stereocenters. The van der Waals surface area contributed by atoms with Gasteiger partial charge in [0.15, 0.2) is 0 Å². The van der Waals surface area contributed by atoms with Gasteiger partial charge in [0.25, 0.3) is 0 Å². The van der Waals surface area contributed by atoms with E-state index in [-0.39, 0.29) is 36.8 Å². The average Bonchev–Trinajstić information content (AvgIpc) is 3.41. The van der Waals surface area contributed by atoms with Gasteiger partial charge in [0, 0.05) is 44.3 Å². The number of nitrogens with one attached hydrogen (secondary N) is 1. The van der Waals surface area contributed by atoms with Crippen molar-refractivity contribution in [1.29, 1.82) is 0 Å². The third-order valence-corrected chi connectivity index (χ3v) is 5.25. The van der Waals surface area contributed by atoms with Crippen LogP contribution in [0.1, 0.15) is 18.4 Å². The number of aliphatic hydroxyl groups is 1. The lowest BCUT2D eigenvalue weighted by Crippen LogP contribution is -2.51. The molecule has 0 radical (unpaired) electrons. The summed E-state index contributed by atoms with van der Waals surface area (Å²) in [6.07, 6.45) is 2.18. The van der Waals surface area contributed by atoms with E-state index in [0.717, 1.165) is 38.3 Å². The van der Waals surface area contributed by atoms with Gasteiger partial charge in [-0.1, -0.05) is 29.8 Å². The summed E-state index contributed by atoms with van der Waals surface area (Å²) in [6, 6.07) is 7.56. The van der Waals surface area contributed by atoms with E-state index in [1.54, 1.807) is 0 Å². The van der Waals surface area contributed by atoms with E-state index in [0.29, 0.717) is 24.0 Å². The molecule has 1 heterocycles. The zero-order valence-corrected chi connectivity index (χ0v) is 17.2. The fourth-order valence-electron chi connectivity index (χ4n) is 3.12. The normalized spacial score (nSPS) is 19.2. The molecule has 2 N–H and O–H groups in total. The summed E-state index contributed by atoms with van der Waals surface area (Å²) in [6.45, 7) is 5.24. The fourth-order valence-corrected chi connectivity index (χ4v) is 3.32. The molecule has 2 aliphatic rings. The summed E-state index contributed by atoms with van der Waals surface area (Å²) >= 11 is 6.10. The van der Waals surface area contributed by atoms with Gasteiger partial charge in [-0.2, -0.15) is 0 Å². The van der Waals surface area contributed by atoms with Crippen LogP contribution < -0.4 is 5.32 Å². The summed E-state index contributed by atoms with van der Waals surface area (Å²) in [5, 5.41) is 13.6. The van der Waals surface area contributed by atoms with Crippen molar-refractivity contribution in [3.05, 3.63) is 34.9 Å². The van der Waals surface area contributed by atoms with Gasteiger partial charge in [0.2, 0.25) is 5.91 Å². The molecule has 1 aromatic carbocycles. The predicted molar refractivity (Wildman–Crippen MR) is 109 cm³/mol. The number of halogens is 3. The highest BCUT2D eigenvalue weighted by Crippen LogP contribution is 2.32. The molecule has 2 fully saturated rings. The molecule has 1 saturated heterocycles. The summed E-state index contributed by atoms with van der Waals surface area (Å²) < 4.78 is 0. The van der Waals surface area contributed by atoms with Gasteiger partial charge in [-0.3, -0.25) is 14.6 Å². The van der Waals surface area contributed by atoms with E-state index in [2.05, 4.69) is 15.1 Å². The van der Waals surface area contributed by atoms with Crippen LogP contribution in [0, 0.1) is 5.92 Å². The number of carbonyl (C=O) groups is 1. The highest BCUT2D eigenvalue weighted by atomic mass is 35.5. The fraction of sp³-hybridized carbons (Fsp3) is 0.611. The molecule has 1 amide bonds. The van der Waals surface area contributed by atoms with Crippen molar-refractivity contribution in [2.45, 2.75) is 25.5 Å². The Bertz CT molecular complexity index is 564. The van der Waals surface area contributed by atoms with Crippen LogP contribution in [-0.2, 0) is 11.3 Å². The molecule has 1 aromatic rings. The molecule has 0 bridgehead atoms. The number of piperazine rings is 1. The first-order chi connectivity index (χ1) is 11.6. The van der Waals surface area contributed by atoms with E-state index < -0.39 is 0 Å². The molecule has 5 nitrogen and oxygen atoms in total. The van der Waals surface area contributed by atoms with Crippen molar-refractivity contribution in [2.75, 3.05) is 39.3 Å². The van der Waals surface area contributed by atoms with Crippen molar-refractivity contribution in [2.24, 2.45) is 5.92 Å². The lowest BCUT2D eigenvalue weighted by atomic mass is 10.2. The van der Waals surface area contributed by atoms with Crippen LogP contribution in [-0.4, -0.2) is 66.2 Å². The second-order valence-electron chi connectivity index (χ2n) is 6.85. The summed E-state index contributed by atoms with van der Waals surface area (Å²) in [4.78, 5) is 16.6. The predicted octanol–water partition coefficient (Wildman–Crippen LogP) is 2.19. The molecule has 148 valence electrons. The van der Waals surface area contributed by atoms with Crippen molar-refractivity contribution >= 4 is 42.3 Å². The van der Waals surface area contributed by atoms with Crippen molar-refractivity contribution in [3.63, 3.8) is 0 Å². The Morgan fingerprint density at radius 1 is 1.15 bits per heavy atom. The lowest BCUT2D eigenvalue weighted by Gasteiger charge is -2.35. The van der Waals surface area contributed by atoms with Crippen LogP contribution in [0.15, 0.2) is 24.3 Å². The number of benzene rings is 1. The molecule has 0 aromatic heterocycles. The summed E-state index contributed by atoms with van der Waals surface area (Å²) in [5.41, 5.74) is 0.936. The Hall–Kier alpha value is -0.560. The molecule has 1 saturated carbocycles. The SMILES string of the molecule is Cl.Cl.O=C(CN1CCN(CC(O)C2CC2)CC1)NCc1ccccc1Cl. The minimum atomic E-state index is -0.171. The van der Waals surface area contributed by atoms with Gasteiger partial charge < -0.3 is 10.4 Å². The van der Waals surface area contributed by atoms with E-state index in [4.69, 9.17) is 11.6 Å². The number of aliphatic hydroxyl groups excluding tert-OH is 1. The molecule has 8 heteroatoms. The highest BCUT2D eigenvalue weighted by molar-refractivity contribution is 6.31. The second-order valence-corrected chi connectivity index (χ2v) is 7.26. The number of β-amino-alcohol motifs (C(OH)–C–C–N with tert-alkyl or cyclic N) is 1. The maximum atomic E-state index is 12.1. The molecular formula is C18H28Cl3N3O2. The molecule has 1 aliphatic carbocycles. The van der Waals surface area contributed by atoms with Gasteiger partial charge in [0.05, 0.1) is 12.6 Å². The summed E-state index contributed by atoms with van der Waals surface area (Å²) in [7, 11) is 0.